The third-order valence-electron chi connectivity index (χ3n) is 5.57. The van der Waals surface area contributed by atoms with Crippen molar-refractivity contribution >= 4 is 18.3 Å². The van der Waals surface area contributed by atoms with Gasteiger partial charge < -0.3 is 14.2 Å². The van der Waals surface area contributed by atoms with E-state index in [1.165, 1.54) is 5.69 Å². The highest BCUT2D eigenvalue weighted by molar-refractivity contribution is 6.63. The summed E-state index contributed by atoms with van der Waals surface area (Å²) in [4.78, 5) is 6.26. The summed E-state index contributed by atoms with van der Waals surface area (Å²) in [6, 6.07) is 10.8. The van der Waals surface area contributed by atoms with Gasteiger partial charge in [-0.1, -0.05) is 18.9 Å². The number of benzene rings is 2. The highest BCUT2D eigenvalue weighted by Crippen LogP contribution is 2.35. The van der Waals surface area contributed by atoms with Gasteiger partial charge in [0.1, 0.15) is 29.0 Å². The summed E-state index contributed by atoms with van der Waals surface area (Å²) >= 11 is 0. The molecule has 1 aliphatic rings. The molecule has 0 spiro atoms. The van der Waals surface area contributed by atoms with Crippen LogP contribution in [0.15, 0.2) is 54.9 Å². The number of hydrogen-bond donors (Lipinski definition) is 0. The van der Waals surface area contributed by atoms with Crippen LogP contribution in [-0.4, -0.2) is 25.7 Å². The van der Waals surface area contributed by atoms with Gasteiger partial charge in [0.05, 0.1) is 5.46 Å². The predicted octanol–water partition coefficient (Wildman–Crippen LogP) is 4.90. The first-order valence-electron chi connectivity index (χ1n) is 10.7. The molecule has 8 heteroatoms. The Labute approximate surface area is 186 Å². The van der Waals surface area contributed by atoms with Crippen molar-refractivity contribution in [3.63, 3.8) is 0 Å². The van der Waals surface area contributed by atoms with E-state index in [-0.39, 0.29) is 0 Å². The summed E-state index contributed by atoms with van der Waals surface area (Å²) in [7, 11) is 0.817. The summed E-state index contributed by atoms with van der Waals surface area (Å²) in [5.74, 6) is -2.19. The zero-order valence-corrected chi connectivity index (χ0v) is 17.9. The Morgan fingerprint density at radius 1 is 0.844 bits per heavy atom. The van der Waals surface area contributed by atoms with Crippen LogP contribution >= 0.6 is 0 Å². The number of hydrogen-bond acceptors (Lipinski definition) is 4. The Bertz CT molecular complexity index is 1050. The first kappa shape index (κ1) is 22.1. The highest BCUT2D eigenvalue weighted by Gasteiger charge is 2.39. The number of aryl methyl sites for hydroxylation is 1. The van der Waals surface area contributed by atoms with Crippen molar-refractivity contribution in [2.24, 2.45) is 0 Å². The molecule has 0 amide bonds. The van der Waals surface area contributed by atoms with Crippen molar-refractivity contribution in [1.29, 1.82) is 0 Å². The predicted molar refractivity (Wildman–Crippen MR) is 119 cm³/mol. The van der Waals surface area contributed by atoms with Crippen LogP contribution in [0.4, 0.5) is 18.9 Å². The van der Waals surface area contributed by atoms with E-state index < -0.39 is 30.0 Å². The zero-order valence-electron chi connectivity index (χ0n) is 17.9. The first-order chi connectivity index (χ1) is 15.5. The molecule has 0 atom stereocenters. The van der Waals surface area contributed by atoms with Crippen LogP contribution in [0, 0.1) is 17.5 Å². The lowest BCUT2D eigenvalue weighted by molar-refractivity contribution is 0.500. The summed E-state index contributed by atoms with van der Waals surface area (Å²) in [5, 5.41) is 0. The van der Waals surface area contributed by atoms with Crippen LogP contribution in [0.5, 0.6) is 11.5 Å². The van der Waals surface area contributed by atoms with Gasteiger partial charge in [0.25, 0.3) is 0 Å². The molecule has 4 rings (SSSR count). The quantitative estimate of drug-likeness (QED) is 0.350. The summed E-state index contributed by atoms with van der Waals surface area (Å²) in [5.41, 5.74) is 1.81. The van der Waals surface area contributed by atoms with Crippen molar-refractivity contribution in [1.82, 2.24) is 4.98 Å². The van der Waals surface area contributed by atoms with Crippen LogP contribution in [0.3, 0.4) is 0 Å². The summed E-state index contributed by atoms with van der Waals surface area (Å²) < 4.78 is 52.4. The van der Waals surface area contributed by atoms with Gasteiger partial charge in [0, 0.05) is 43.8 Å². The second kappa shape index (κ2) is 9.98. The number of fused-ring (bicyclic) bond motifs is 1. The molecular weight excluding hydrogens is 416 g/mol. The van der Waals surface area contributed by atoms with Gasteiger partial charge in [-0.25, -0.2) is 13.2 Å². The van der Waals surface area contributed by atoms with Gasteiger partial charge in [-0.3, -0.25) is 4.98 Å². The molecular formula is C24H24BF3N2O2. The second-order valence-electron chi connectivity index (χ2n) is 7.92. The second-order valence-corrected chi connectivity index (χ2v) is 7.92. The van der Waals surface area contributed by atoms with Gasteiger partial charge in [-0.15, -0.1) is 0 Å². The van der Waals surface area contributed by atoms with E-state index in [4.69, 9.17) is 9.31 Å². The van der Waals surface area contributed by atoms with E-state index in [1.807, 2.05) is 24.3 Å². The molecule has 166 valence electrons. The van der Waals surface area contributed by atoms with Crippen LogP contribution in [0.1, 0.15) is 31.2 Å². The molecule has 2 aromatic carbocycles. The number of pyridine rings is 1. The molecule has 2 heterocycles. The molecule has 0 saturated heterocycles. The lowest BCUT2D eigenvalue weighted by atomic mass is 9.78. The van der Waals surface area contributed by atoms with Crippen molar-refractivity contribution < 1.29 is 22.5 Å². The largest absolute Gasteiger partial charge is 0.638 e. The molecule has 0 unspecified atom stereocenters. The first-order valence-corrected chi connectivity index (χ1v) is 10.7. The minimum atomic E-state index is -1.27. The maximum atomic E-state index is 14.0. The Hall–Kier alpha value is -3.16. The van der Waals surface area contributed by atoms with Crippen molar-refractivity contribution in [2.75, 3.05) is 18.5 Å². The fourth-order valence-electron chi connectivity index (χ4n) is 3.81. The van der Waals surface area contributed by atoms with E-state index in [9.17, 15) is 13.2 Å². The highest BCUT2D eigenvalue weighted by atomic mass is 19.1. The molecule has 0 N–H and O–H groups in total. The van der Waals surface area contributed by atoms with Crippen molar-refractivity contribution in [2.45, 2.75) is 32.1 Å². The number of aromatic nitrogens is 1. The fraction of sp³-hybridized carbons (Fsp3) is 0.292. The third kappa shape index (κ3) is 5.18. The van der Waals surface area contributed by atoms with Crippen LogP contribution in [0.25, 0.3) is 0 Å². The average molecular weight is 440 g/mol. The van der Waals surface area contributed by atoms with E-state index in [0.29, 0.717) is 23.6 Å². The van der Waals surface area contributed by atoms with Crippen molar-refractivity contribution in [3.8, 4) is 11.5 Å². The molecule has 0 aliphatic carbocycles. The summed E-state index contributed by atoms with van der Waals surface area (Å²) in [6.45, 7) is 0.992. The van der Waals surface area contributed by atoms with Crippen LogP contribution < -0.4 is 19.7 Å². The zero-order chi connectivity index (χ0) is 22.5. The van der Waals surface area contributed by atoms with Crippen LogP contribution in [-0.2, 0) is 6.42 Å². The Morgan fingerprint density at radius 2 is 1.53 bits per heavy atom. The average Bonchev–Trinajstić information content (AvgIpc) is 3.18. The standard InChI is InChI=1S/C24H24BF3N2O2/c1-30(19-9-11-29-12-10-19)13-5-3-2-4-6-17-7-8-22-23(14-17)32-25(31-22)24-20(27)15-18(26)16-21(24)28/h7-12,14-16H,2-6,13H2,1H3. The van der Waals surface area contributed by atoms with E-state index in [0.717, 1.165) is 44.2 Å². The number of anilines is 1. The molecule has 32 heavy (non-hydrogen) atoms. The van der Waals surface area contributed by atoms with Gasteiger partial charge in [-0.2, -0.15) is 0 Å². The van der Waals surface area contributed by atoms with Gasteiger partial charge in [0.2, 0.25) is 0 Å². The number of halogens is 3. The topological polar surface area (TPSA) is 34.6 Å². The number of nitrogens with zero attached hydrogens (tertiary/aromatic N) is 2. The minimum Gasteiger partial charge on any atom is -0.519 e. The maximum Gasteiger partial charge on any atom is 0.638 e. The Balaban J connectivity index is 1.24. The number of rotatable bonds is 9. The van der Waals surface area contributed by atoms with E-state index >= 15 is 0 Å². The molecule has 0 fully saturated rings. The fourth-order valence-corrected chi connectivity index (χ4v) is 3.81. The van der Waals surface area contributed by atoms with Gasteiger partial charge in [-0.05, 0) is 49.1 Å². The normalized spacial score (nSPS) is 12.3. The van der Waals surface area contributed by atoms with Gasteiger partial charge >= 0.3 is 7.12 Å². The van der Waals surface area contributed by atoms with Gasteiger partial charge in [0.15, 0.2) is 0 Å². The van der Waals surface area contributed by atoms with E-state index in [1.54, 1.807) is 18.5 Å². The molecule has 1 aliphatic heterocycles. The molecule has 0 radical (unpaired) electrons. The molecule has 0 bridgehead atoms. The Morgan fingerprint density at radius 3 is 2.28 bits per heavy atom. The SMILES string of the molecule is CN(CCCCCCc1ccc2c(c1)OB(c1c(F)cc(F)cc1F)O2)c1ccncc1. The molecule has 4 nitrogen and oxygen atoms in total. The smallest absolute Gasteiger partial charge is 0.519 e. The lowest BCUT2D eigenvalue weighted by Crippen LogP contribution is -2.43. The summed E-state index contributed by atoms with van der Waals surface area (Å²) in [6.07, 6.45) is 8.84. The van der Waals surface area contributed by atoms with Crippen molar-refractivity contribution in [3.05, 3.63) is 77.9 Å². The molecule has 0 saturated carbocycles. The van der Waals surface area contributed by atoms with E-state index in [2.05, 4.69) is 16.9 Å². The van der Waals surface area contributed by atoms with Crippen LogP contribution in [0.2, 0.25) is 0 Å². The molecule has 3 aromatic rings. The third-order valence-corrected chi connectivity index (χ3v) is 5.57. The molecule has 1 aromatic heterocycles. The minimum absolute atomic E-state index is 0.418. The Kier molecular flexibility index (Phi) is 6.88. The lowest BCUT2D eigenvalue weighted by Gasteiger charge is -2.18. The monoisotopic (exact) mass is 440 g/mol. The number of unbranched alkanes of at least 4 members (excludes halogenated alkanes) is 3. The maximum absolute atomic E-state index is 14.0.